The second-order valence-electron chi connectivity index (χ2n) is 11.1. The Morgan fingerprint density at radius 2 is 1.25 bits per heavy atom. The van der Waals surface area contributed by atoms with E-state index in [2.05, 4.69) is 55.8 Å². The summed E-state index contributed by atoms with van der Waals surface area (Å²) in [7, 11) is 4.41. The number of ether oxygens (including phenoxy) is 1. The number of aromatic nitrogens is 11. The molecule has 268 valence electrons. The predicted octanol–water partition coefficient (Wildman–Crippen LogP) is 3.06. The summed E-state index contributed by atoms with van der Waals surface area (Å²) >= 11 is 0. The van der Waals surface area contributed by atoms with Gasteiger partial charge in [0.1, 0.15) is 12.2 Å². The number of anilines is 2. The molecule has 5 aromatic heterocycles. The number of aromatic hydroxyl groups is 1. The van der Waals surface area contributed by atoms with Crippen molar-refractivity contribution in [2.75, 3.05) is 25.2 Å². The normalized spacial score (nSPS) is 11.7. The zero-order valence-electron chi connectivity index (χ0n) is 28.6. The van der Waals surface area contributed by atoms with Crippen LogP contribution in [0.25, 0.3) is 11.9 Å². The number of nitrogens with two attached hydrogens (primary N) is 2. The smallest absolute Gasteiger partial charge is 0.343 e. The van der Waals surface area contributed by atoms with Gasteiger partial charge in [0.15, 0.2) is 40.4 Å². The molecule has 22 nitrogen and oxygen atoms in total. The number of carbonyl (C=O) groups is 2. The van der Waals surface area contributed by atoms with Crippen molar-refractivity contribution in [2.45, 2.75) is 52.4 Å². The lowest BCUT2D eigenvalue weighted by Gasteiger charge is -2.06. The van der Waals surface area contributed by atoms with E-state index < -0.39 is 24.4 Å². The van der Waals surface area contributed by atoms with Gasteiger partial charge in [-0.1, -0.05) is 26.7 Å². The van der Waals surface area contributed by atoms with Crippen LogP contribution in [0, 0.1) is 0 Å². The van der Waals surface area contributed by atoms with Gasteiger partial charge in [-0.2, -0.15) is 44.7 Å². The second-order valence-corrected chi connectivity index (χ2v) is 11.1. The first-order chi connectivity index (χ1) is 24.5. The van der Waals surface area contributed by atoms with Crippen LogP contribution in [-0.4, -0.2) is 89.8 Å². The largest absolute Gasteiger partial charge is 0.479 e. The lowest BCUT2D eigenvalue weighted by molar-refractivity contribution is 0.0601. The van der Waals surface area contributed by atoms with E-state index in [1.807, 2.05) is 13.8 Å². The molecule has 0 saturated carbocycles. The summed E-state index contributed by atoms with van der Waals surface area (Å²) in [4.78, 5) is 37.0. The first kappa shape index (κ1) is 35.8. The second kappa shape index (κ2) is 15.4. The number of hydrogen-bond donors (Lipinski definition) is 4. The first-order valence-corrected chi connectivity index (χ1v) is 15.8. The summed E-state index contributed by atoms with van der Waals surface area (Å²) in [6, 6.07) is -0.684. The van der Waals surface area contributed by atoms with Crippen LogP contribution in [0.2, 0.25) is 0 Å². The van der Waals surface area contributed by atoms with Crippen LogP contribution in [0.5, 0.6) is 6.01 Å². The minimum atomic E-state index is -0.729. The van der Waals surface area contributed by atoms with Gasteiger partial charge in [0, 0.05) is 14.1 Å². The lowest BCUT2D eigenvalue weighted by Crippen LogP contribution is -2.13. The summed E-state index contributed by atoms with van der Waals surface area (Å²) in [6.07, 6.45) is 6.66. The Hall–Kier alpha value is -6.45. The van der Waals surface area contributed by atoms with Gasteiger partial charge in [0.25, 0.3) is 11.9 Å². The Kier molecular flexibility index (Phi) is 10.8. The number of ketones is 1. The predicted molar refractivity (Wildman–Crippen MR) is 179 cm³/mol. The zero-order valence-corrected chi connectivity index (χ0v) is 28.6. The number of aliphatic hydroxyl groups excluding tert-OH is 1. The molecule has 0 radical (unpaired) electrons. The fraction of sp³-hybridized carbons (Fsp3) is 0.414. The number of hydrogen-bond acceptors (Lipinski definition) is 18. The molecule has 5 heterocycles. The van der Waals surface area contributed by atoms with E-state index in [-0.39, 0.29) is 57.7 Å². The fourth-order valence-corrected chi connectivity index (χ4v) is 4.85. The monoisotopic (exact) mass is 703 g/mol. The van der Waals surface area contributed by atoms with Crippen LogP contribution in [-0.2, 0) is 31.7 Å². The molecule has 22 heteroatoms. The van der Waals surface area contributed by atoms with E-state index in [1.54, 1.807) is 14.1 Å². The van der Waals surface area contributed by atoms with Crippen LogP contribution in [0.15, 0.2) is 32.9 Å². The summed E-state index contributed by atoms with van der Waals surface area (Å²) < 4.78 is 9.86. The molecule has 0 aliphatic rings. The maximum absolute atomic E-state index is 12.2. The van der Waals surface area contributed by atoms with Gasteiger partial charge in [-0.15, -0.1) is 20.5 Å². The molecule has 0 bridgehead atoms. The van der Waals surface area contributed by atoms with Crippen molar-refractivity contribution >= 4 is 46.4 Å². The first-order valence-electron chi connectivity index (χ1n) is 15.8. The topological polar surface area (TPSA) is 295 Å². The Labute approximate surface area is 289 Å². The van der Waals surface area contributed by atoms with Gasteiger partial charge in [-0.05, 0) is 25.7 Å². The average Bonchev–Trinajstić information content (AvgIpc) is 3.86. The molecule has 0 saturated heterocycles. The highest BCUT2D eigenvalue weighted by Crippen LogP contribution is 2.34. The van der Waals surface area contributed by atoms with Gasteiger partial charge in [0.05, 0.1) is 36.5 Å². The number of aryl methyl sites for hydroxylation is 4. The summed E-state index contributed by atoms with van der Waals surface area (Å²) in [5, 5.41) is 54.3. The van der Waals surface area contributed by atoms with Gasteiger partial charge in [0.2, 0.25) is 0 Å². The van der Waals surface area contributed by atoms with Gasteiger partial charge in [-0.3, -0.25) is 4.79 Å². The molecule has 0 amide bonds. The molecule has 0 fully saturated rings. The van der Waals surface area contributed by atoms with Gasteiger partial charge < -0.3 is 26.4 Å². The summed E-state index contributed by atoms with van der Waals surface area (Å²) in [5.41, 5.74) is 14.5. The Morgan fingerprint density at radius 1 is 0.784 bits per heavy atom. The maximum Gasteiger partial charge on any atom is 0.343 e. The average molecular weight is 704 g/mol. The molecule has 51 heavy (non-hydrogen) atoms. The number of nitrogens with zero attached hydrogens (tertiary/aromatic N) is 15. The number of Topliss-reactive ketones (excluding diaryl/α,β-unsaturated/α-hetero) is 1. The molecule has 0 spiro atoms. The van der Waals surface area contributed by atoms with Crippen molar-refractivity contribution in [3.8, 4) is 17.9 Å². The highest BCUT2D eigenvalue weighted by atomic mass is 16.5. The van der Waals surface area contributed by atoms with E-state index in [0.29, 0.717) is 24.2 Å². The van der Waals surface area contributed by atoms with Crippen molar-refractivity contribution in [3.63, 3.8) is 0 Å². The van der Waals surface area contributed by atoms with Crippen LogP contribution >= 0.6 is 0 Å². The van der Waals surface area contributed by atoms with Crippen LogP contribution in [0.3, 0.4) is 0 Å². The number of unbranched alkanes of at least 4 members (excludes halogenated alkanes) is 2. The molecule has 0 aliphatic carbocycles. The summed E-state index contributed by atoms with van der Waals surface area (Å²) in [5.74, 6) is -1.38. The van der Waals surface area contributed by atoms with E-state index in [4.69, 9.17) is 16.2 Å². The van der Waals surface area contributed by atoms with Crippen LogP contribution in [0.1, 0.15) is 71.6 Å². The maximum atomic E-state index is 12.2. The number of azo groups is 2. The molecule has 5 rings (SSSR count). The minimum absolute atomic E-state index is 0.0147. The molecule has 0 atom stereocenters. The SMILES string of the molecule is CCCCc1nn(-c2nc(O)nc(-n3nc(CCCC)c(N=Nc4c(C(=O)OC)cnn4C)c3N)n2)c(N)c1N=Nc1c(C(=O)CO)cnn1C. The number of nitrogen functional groups attached to an aromatic ring is 2. The Morgan fingerprint density at radius 3 is 1.71 bits per heavy atom. The third-order valence-corrected chi connectivity index (χ3v) is 7.60. The van der Waals surface area contributed by atoms with E-state index in [1.165, 1.54) is 38.2 Å². The van der Waals surface area contributed by atoms with Gasteiger partial charge in [-0.25, -0.2) is 14.2 Å². The fourth-order valence-electron chi connectivity index (χ4n) is 4.85. The summed E-state index contributed by atoms with van der Waals surface area (Å²) in [6.45, 7) is 3.29. The number of carbonyl (C=O) groups excluding carboxylic acids is 2. The molecular weight excluding hydrogens is 666 g/mol. The number of aliphatic hydroxyl groups is 1. The molecule has 0 aromatic carbocycles. The highest BCUT2D eigenvalue weighted by molar-refractivity contribution is 6.00. The van der Waals surface area contributed by atoms with E-state index in [0.717, 1.165) is 25.7 Å². The Bertz CT molecular complexity index is 1980. The van der Waals surface area contributed by atoms with Crippen molar-refractivity contribution in [3.05, 3.63) is 34.9 Å². The van der Waals surface area contributed by atoms with Gasteiger partial charge >= 0.3 is 12.0 Å². The Balaban J connectivity index is 1.58. The minimum Gasteiger partial charge on any atom is -0.479 e. The third-order valence-electron chi connectivity index (χ3n) is 7.60. The van der Waals surface area contributed by atoms with E-state index >= 15 is 0 Å². The molecule has 6 N–H and O–H groups in total. The van der Waals surface area contributed by atoms with Crippen molar-refractivity contribution in [2.24, 2.45) is 34.6 Å². The molecule has 0 unspecified atom stereocenters. The van der Waals surface area contributed by atoms with Crippen LogP contribution < -0.4 is 11.5 Å². The highest BCUT2D eigenvalue weighted by Gasteiger charge is 2.24. The molecular formula is C29H37N17O5. The zero-order chi connectivity index (χ0) is 36.8. The number of methoxy groups -OCH3 is 1. The number of esters is 1. The standard InChI is InChI=1S/C29H37N17O5/c1-6-8-10-17-20(37-39-24-15(19(48)14-47)12-32-43(24)3)22(30)45(41-17)27-34-28(36-29(50)35-27)46-23(31)21(18(42-46)11-9-7-2)38-40-25-16(26(49)51-5)13-33-44(25)4/h12-13,47H,6-11,14,30-31H2,1-5H3,(H,34,35,36,50). The quantitative estimate of drug-likeness (QED) is 0.0692. The van der Waals surface area contributed by atoms with Crippen molar-refractivity contribution < 1.29 is 24.5 Å². The van der Waals surface area contributed by atoms with E-state index in [9.17, 15) is 19.8 Å². The molecule has 5 aromatic rings. The van der Waals surface area contributed by atoms with Crippen molar-refractivity contribution in [1.29, 1.82) is 0 Å². The van der Waals surface area contributed by atoms with Crippen LogP contribution in [0.4, 0.5) is 34.6 Å². The lowest BCUT2D eigenvalue weighted by atomic mass is 10.2. The third kappa shape index (κ3) is 7.29. The number of rotatable bonds is 15. The van der Waals surface area contributed by atoms with Crippen molar-refractivity contribution in [1.82, 2.24) is 54.1 Å². The molecule has 0 aliphatic heterocycles.